The molecule has 1 aliphatic heterocycles. The molecule has 1 aromatic carbocycles. The Bertz CT molecular complexity index is 540. The van der Waals surface area contributed by atoms with Crippen molar-refractivity contribution in [1.82, 2.24) is 5.32 Å². The van der Waals surface area contributed by atoms with Crippen LogP contribution in [-0.4, -0.2) is 31.6 Å². The summed E-state index contributed by atoms with van der Waals surface area (Å²) in [5.41, 5.74) is 7.00. The molecule has 1 aromatic rings. The highest BCUT2D eigenvalue weighted by atomic mass is 16.2. The normalized spacial score (nSPS) is 14.8. The number of unbranched alkanes of at least 4 members (excludes halogenated alkanes) is 1. The Kier molecular flexibility index (Phi) is 7.39. The van der Waals surface area contributed by atoms with Gasteiger partial charge in [0.2, 0.25) is 5.91 Å². The molecule has 0 bridgehead atoms. The number of anilines is 2. The number of primary amides is 1. The number of hydrogen-bond donors (Lipinski definition) is 3. The number of hydrogen-bond acceptors (Lipinski definition) is 3. The lowest BCUT2D eigenvalue weighted by Gasteiger charge is -2.25. The fourth-order valence-electron chi connectivity index (χ4n) is 3.00. The topological polar surface area (TPSA) is 87.5 Å². The molecule has 1 aliphatic rings. The predicted molar refractivity (Wildman–Crippen MR) is 97.2 cm³/mol. The molecular formula is C18H28N4O2. The van der Waals surface area contributed by atoms with E-state index >= 15 is 0 Å². The maximum absolute atomic E-state index is 12.2. The SMILES string of the molecule is NC(=O)NCCCCC(=O)Nc1ccccc1N1CCCCCC1. The van der Waals surface area contributed by atoms with E-state index in [0.29, 0.717) is 13.0 Å². The van der Waals surface area contributed by atoms with Gasteiger partial charge in [0.05, 0.1) is 11.4 Å². The van der Waals surface area contributed by atoms with Gasteiger partial charge in [-0.3, -0.25) is 4.79 Å². The number of amides is 3. The zero-order valence-corrected chi connectivity index (χ0v) is 14.2. The fraction of sp³-hybridized carbons (Fsp3) is 0.556. The molecule has 6 nitrogen and oxygen atoms in total. The molecule has 3 amide bonds. The Morgan fingerprint density at radius 3 is 2.46 bits per heavy atom. The van der Waals surface area contributed by atoms with Gasteiger partial charge in [0.25, 0.3) is 0 Å². The summed E-state index contributed by atoms with van der Waals surface area (Å²) in [5, 5.41) is 5.56. The number of benzene rings is 1. The van der Waals surface area contributed by atoms with E-state index in [0.717, 1.165) is 37.3 Å². The van der Waals surface area contributed by atoms with E-state index < -0.39 is 6.03 Å². The lowest BCUT2D eigenvalue weighted by Crippen LogP contribution is -2.30. The molecular weight excluding hydrogens is 304 g/mol. The van der Waals surface area contributed by atoms with Gasteiger partial charge >= 0.3 is 6.03 Å². The van der Waals surface area contributed by atoms with Crippen LogP contribution in [0.1, 0.15) is 44.9 Å². The molecule has 0 spiro atoms. The van der Waals surface area contributed by atoms with Gasteiger partial charge in [0, 0.05) is 26.1 Å². The van der Waals surface area contributed by atoms with E-state index in [2.05, 4.69) is 21.6 Å². The van der Waals surface area contributed by atoms with Crippen LogP contribution in [0.25, 0.3) is 0 Å². The Hall–Kier alpha value is -2.24. The van der Waals surface area contributed by atoms with E-state index in [4.69, 9.17) is 5.73 Å². The molecule has 4 N–H and O–H groups in total. The zero-order valence-electron chi connectivity index (χ0n) is 14.2. The van der Waals surface area contributed by atoms with Crippen LogP contribution in [0.15, 0.2) is 24.3 Å². The molecule has 0 saturated carbocycles. The smallest absolute Gasteiger partial charge is 0.312 e. The third kappa shape index (κ3) is 6.10. The molecule has 2 rings (SSSR count). The molecule has 132 valence electrons. The van der Waals surface area contributed by atoms with Crippen molar-refractivity contribution in [3.63, 3.8) is 0 Å². The Morgan fingerprint density at radius 1 is 1.04 bits per heavy atom. The second kappa shape index (κ2) is 9.80. The monoisotopic (exact) mass is 332 g/mol. The molecule has 6 heteroatoms. The molecule has 1 fully saturated rings. The molecule has 0 atom stereocenters. The minimum absolute atomic E-state index is 0.0105. The van der Waals surface area contributed by atoms with Gasteiger partial charge in [-0.2, -0.15) is 0 Å². The summed E-state index contributed by atoms with van der Waals surface area (Å²) in [6, 6.07) is 7.50. The first-order valence-corrected chi connectivity index (χ1v) is 8.84. The highest BCUT2D eigenvalue weighted by Crippen LogP contribution is 2.28. The molecule has 0 unspecified atom stereocenters. The van der Waals surface area contributed by atoms with E-state index in [1.807, 2.05) is 18.2 Å². The van der Waals surface area contributed by atoms with E-state index in [1.54, 1.807) is 0 Å². The van der Waals surface area contributed by atoms with Crippen molar-refractivity contribution in [2.24, 2.45) is 5.73 Å². The highest BCUT2D eigenvalue weighted by molar-refractivity contribution is 5.94. The second-order valence-corrected chi connectivity index (χ2v) is 6.21. The number of rotatable bonds is 7. The first-order chi connectivity index (χ1) is 11.7. The van der Waals surface area contributed by atoms with Crippen LogP contribution in [0.2, 0.25) is 0 Å². The molecule has 24 heavy (non-hydrogen) atoms. The maximum Gasteiger partial charge on any atom is 0.312 e. The minimum atomic E-state index is -0.522. The van der Waals surface area contributed by atoms with E-state index in [-0.39, 0.29) is 5.91 Å². The van der Waals surface area contributed by atoms with Gasteiger partial charge in [0.1, 0.15) is 0 Å². The first-order valence-electron chi connectivity index (χ1n) is 8.84. The number of nitrogens with one attached hydrogen (secondary N) is 2. The molecule has 0 radical (unpaired) electrons. The summed E-state index contributed by atoms with van der Waals surface area (Å²) < 4.78 is 0. The van der Waals surface area contributed by atoms with E-state index in [9.17, 15) is 9.59 Å². The fourth-order valence-corrected chi connectivity index (χ4v) is 3.00. The van der Waals surface area contributed by atoms with Crippen LogP contribution in [0.4, 0.5) is 16.2 Å². The summed E-state index contributed by atoms with van der Waals surface area (Å²) in [6.45, 7) is 2.60. The second-order valence-electron chi connectivity index (χ2n) is 6.21. The van der Waals surface area contributed by atoms with Crippen molar-refractivity contribution in [3.8, 4) is 0 Å². The van der Waals surface area contributed by atoms with Crippen LogP contribution in [0.3, 0.4) is 0 Å². The average Bonchev–Trinajstić information content (AvgIpc) is 2.84. The molecule has 0 aliphatic carbocycles. The van der Waals surface area contributed by atoms with Crippen molar-refractivity contribution in [2.75, 3.05) is 29.9 Å². The number of para-hydroxylation sites is 2. The Labute approximate surface area is 143 Å². The van der Waals surface area contributed by atoms with Crippen molar-refractivity contribution in [3.05, 3.63) is 24.3 Å². The van der Waals surface area contributed by atoms with Gasteiger partial charge in [-0.05, 0) is 37.8 Å². The third-order valence-corrected chi connectivity index (χ3v) is 4.25. The number of carbonyl (C=O) groups is 2. The van der Waals surface area contributed by atoms with Crippen LogP contribution < -0.4 is 21.3 Å². The Balaban J connectivity index is 1.85. The lowest BCUT2D eigenvalue weighted by atomic mass is 10.2. The largest absolute Gasteiger partial charge is 0.370 e. The van der Waals surface area contributed by atoms with Crippen molar-refractivity contribution >= 4 is 23.3 Å². The number of nitrogens with zero attached hydrogens (tertiary/aromatic N) is 1. The van der Waals surface area contributed by atoms with Crippen LogP contribution >= 0.6 is 0 Å². The van der Waals surface area contributed by atoms with Crippen molar-refractivity contribution < 1.29 is 9.59 Å². The summed E-state index contributed by atoms with van der Waals surface area (Å²) >= 11 is 0. The Morgan fingerprint density at radius 2 is 1.75 bits per heavy atom. The lowest BCUT2D eigenvalue weighted by molar-refractivity contribution is -0.116. The maximum atomic E-state index is 12.2. The summed E-state index contributed by atoms with van der Waals surface area (Å²) in [4.78, 5) is 25.1. The van der Waals surface area contributed by atoms with Crippen LogP contribution in [0, 0.1) is 0 Å². The van der Waals surface area contributed by atoms with Crippen molar-refractivity contribution in [1.29, 1.82) is 0 Å². The van der Waals surface area contributed by atoms with Gasteiger partial charge in [-0.15, -0.1) is 0 Å². The predicted octanol–water partition coefficient (Wildman–Crippen LogP) is 2.84. The molecule has 1 heterocycles. The summed E-state index contributed by atoms with van der Waals surface area (Å²) in [6.07, 6.45) is 6.87. The molecule has 0 aromatic heterocycles. The van der Waals surface area contributed by atoms with Crippen LogP contribution in [-0.2, 0) is 4.79 Å². The van der Waals surface area contributed by atoms with Gasteiger partial charge in [0.15, 0.2) is 0 Å². The van der Waals surface area contributed by atoms with Gasteiger partial charge < -0.3 is 21.3 Å². The van der Waals surface area contributed by atoms with E-state index in [1.165, 1.54) is 25.7 Å². The number of urea groups is 1. The van der Waals surface area contributed by atoms with Gasteiger partial charge in [-0.25, -0.2) is 4.79 Å². The van der Waals surface area contributed by atoms with Crippen LogP contribution in [0.5, 0.6) is 0 Å². The minimum Gasteiger partial charge on any atom is -0.370 e. The van der Waals surface area contributed by atoms with Gasteiger partial charge in [-0.1, -0.05) is 25.0 Å². The number of nitrogens with two attached hydrogens (primary N) is 1. The van der Waals surface area contributed by atoms with Crippen molar-refractivity contribution in [2.45, 2.75) is 44.9 Å². The third-order valence-electron chi connectivity index (χ3n) is 4.25. The highest BCUT2D eigenvalue weighted by Gasteiger charge is 2.14. The molecule has 1 saturated heterocycles. The zero-order chi connectivity index (χ0) is 17.2. The average molecular weight is 332 g/mol. The summed E-state index contributed by atoms with van der Waals surface area (Å²) in [5.74, 6) is 0.0105. The first kappa shape index (κ1) is 18.1. The quantitative estimate of drug-likeness (QED) is 0.671. The number of carbonyl (C=O) groups excluding carboxylic acids is 2. The standard InChI is InChI=1S/C18H28N4O2/c19-18(24)20-12-6-5-11-17(23)21-15-9-3-4-10-16(15)22-13-7-1-2-8-14-22/h3-4,9-10H,1-2,5-8,11-14H2,(H,21,23)(H3,19,20,24). The summed E-state index contributed by atoms with van der Waals surface area (Å²) in [7, 11) is 0.